The van der Waals surface area contributed by atoms with Crippen LogP contribution in [0.4, 0.5) is 0 Å². The topological polar surface area (TPSA) is 24.1 Å². The van der Waals surface area contributed by atoms with Crippen LogP contribution in [0.5, 0.6) is 0 Å². The number of hydrogen-bond donors (Lipinski definition) is 2. The minimum atomic E-state index is -0.981. The van der Waals surface area contributed by atoms with Gasteiger partial charge in [0.05, 0.1) is 20.1 Å². The highest BCUT2D eigenvalue weighted by Gasteiger charge is 2.22. The van der Waals surface area contributed by atoms with Crippen LogP contribution in [0.2, 0.25) is 45.8 Å². The van der Waals surface area contributed by atoms with Gasteiger partial charge >= 0.3 is 0 Å². The Morgan fingerprint density at radius 2 is 1.15 bits per heavy atom. The van der Waals surface area contributed by atoms with Gasteiger partial charge in [0, 0.05) is 0 Å². The Morgan fingerprint density at radius 1 is 0.923 bits per heavy atom. The molecule has 0 amide bonds. The molecule has 0 aliphatic carbocycles. The molecule has 0 aromatic heterocycles. The molecule has 0 aliphatic heterocycles. The molecule has 0 unspecified atom stereocenters. The molecule has 0 fully saturated rings. The molecule has 82 valence electrons. The molecular formula is C7H28N2Si4. The number of rotatable bonds is 3. The van der Waals surface area contributed by atoms with Crippen molar-refractivity contribution >= 4 is 36.6 Å². The normalized spacial score (nSPS) is 13.2. The Labute approximate surface area is 91.9 Å². The molecule has 2 nitrogen and oxygen atoms in total. The van der Waals surface area contributed by atoms with Gasteiger partial charge in [0.1, 0.15) is 16.5 Å². The second kappa shape index (κ2) is 7.13. The van der Waals surface area contributed by atoms with Gasteiger partial charge in [0.25, 0.3) is 0 Å². The summed E-state index contributed by atoms with van der Waals surface area (Å²) in [4.78, 5) is 0. The summed E-state index contributed by atoms with van der Waals surface area (Å²) in [6.45, 7) is 16.4. The predicted octanol–water partition coefficient (Wildman–Crippen LogP) is 0.234. The average molecular weight is 253 g/mol. The first-order valence-electron chi connectivity index (χ1n) is 5.06. The third kappa shape index (κ3) is 24.5. The summed E-state index contributed by atoms with van der Waals surface area (Å²) < 4.78 is 6.94. The second-order valence-corrected chi connectivity index (χ2v) is 18.9. The SMILES string of the molecule is C[SiH2]N[SiH3].C[Si](C)(C)N[Si](C)(C)C. The first kappa shape index (κ1) is 16.2. The van der Waals surface area contributed by atoms with Gasteiger partial charge in [-0.15, -0.1) is 0 Å². The molecule has 0 bridgehead atoms. The van der Waals surface area contributed by atoms with Gasteiger partial charge in [-0.05, 0) is 0 Å². The van der Waals surface area contributed by atoms with E-state index in [2.05, 4.69) is 55.1 Å². The average Bonchev–Trinajstić information content (AvgIpc) is 1.80. The highest BCUT2D eigenvalue weighted by atomic mass is 28.4. The van der Waals surface area contributed by atoms with Gasteiger partial charge in [0.15, 0.2) is 0 Å². The van der Waals surface area contributed by atoms with E-state index in [0.29, 0.717) is 0 Å². The first-order valence-corrected chi connectivity index (χ1v) is 15.2. The number of nitrogens with one attached hydrogen (secondary N) is 2. The zero-order chi connectivity index (χ0) is 11.1. The molecule has 2 N–H and O–H groups in total. The fourth-order valence-electron chi connectivity index (χ4n) is 1.12. The van der Waals surface area contributed by atoms with Crippen molar-refractivity contribution in [1.82, 2.24) is 9.30 Å². The van der Waals surface area contributed by atoms with Crippen molar-refractivity contribution in [3.8, 4) is 0 Å². The van der Waals surface area contributed by atoms with Gasteiger partial charge in [-0.2, -0.15) is 0 Å². The Morgan fingerprint density at radius 3 is 1.15 bits per heavy atom. The van der Waals surface area contributed by atoms with E-state index in [1.807, 2.05) is 0 Å². The molecule has 0 spiro atoms. The lowest BCUT2D eigenvalue weighted by atomic mass is 11.8. The predicted molar refractivity (Wildman–Crippen MR) is 77.3 cm³/mol. The molecule has 0 aromatic rings. The second-order valence-electron chi connectivity index (χ2n) is 5.33. The van der Waals surface area contributed by atoms with E-state index in [-0.39, 0.29) is 9.68 Å². The largest absolute Gasteiger partial charge is 0.372 e. The van der Waals surface area contributed by atoms with Crippen molar-refractivity contribution in [2.75, 3.05) is 0 Å². The third-order valence-corrected chi connectivity index (χ3v) is 9.93. The van der Waals surface area contributed by atoms with E-state index in [4.69, 9.17) is 0 Å². The quantitative estimate of drug-likeness (QED) is 0.703. The lowest BCUT2D eigenvalue weighted by Crippen LogP contribution is -2.55. The molecule has 6 heteroatoms. The van der Waals surface area contributed by atoms with Gasteiger partial charge < -0.3 is 9.30 Å². The Bertz CT molecular complexity index is 103. The fraction of sp³-hybridized carbons (Fsp3) is 1.00. The molecule has 0 atom stereocenters. The Kier molecular flexibility index (Phi) is 8.90. The van der Waals surface area contributed by atoms with Crippen LogP contribution in [0.25, 0.3) is 0 Å². The molecule has 13 heavy (non-hydrogen) atoms. The standard InChI is InChI=1S/C6H19NSi2.CH9NSi2/c1-8(2,3)7-9(4,5)6;1-4-2-3/h7H,1-6H3;2H,4H2,1,3H3. The summed E-state index contributed by atoms with van der Waals surface area (Å²) in [7, 11) is -0.524. The molecule has 0 heterocycles. The van der Waals surface area contributed by atoms with E-state index in [1.54, 1.807) is 0 Å². The third-order valence-electron chi connectivity index (χ3n) is 1.10. The van der Waals surface area contributed by atoms with Gasteiger partial charge in [-0.25, -0.2) is 0 Å². The minimum absolute atomic E-state index is 0.236. The zero-order valence-corrected chi connectivity index (χ0v) is 16.1. The molecule has 0 saturated heterocycles. The van der Waals surface area contributed by atoms with E-state index in [1.165, 1.54) is 10.4 Å². The highest BCUT2D eigenvalue weighted by molar-refractivity contribution is 6.90. The van der Waals surface area contributed by atoms with E-state index in [0.717, 1.165) is 0 Å². The van der Waals surface area contributed by atoms with Crippen molar-refractivity contribution in [3.05, 3.63) is 0 Å². The minimum Gasteiger partial charge on any atom is -0.372 e. The summed E-state index contributed by atoms with van der Waals surface area (Å²) in [5.74, 6) is 0. The summed E-state index contributed by atoms with van der Waals surface area (Å²) in [6, 6.07) is 0. The van der Waals surface area contributed by atoms with Crippen molar-refractivity contribution in [3.63, 3.8) is 0 Å². The van der Waals surface area contributed by atoms with Gasteiger partial charge in [0.2, 0.25) is 0 Å². The summed E-state index contributed by atoms with van der Waals surface area (Å²) >= 11 is 0. The zero-order valence-electron chi connectivity index (χ0n) is 10.7. The maximum atomic E-state index is 3.74. The maximum absolute atomic E-state index is 3.74. The molecule has 0 rings (SSSR count). The van der Waals surface area contributed by atoms with E-state index >= 15 is 0 Å². The monoisotopic (exact) mass is 252 g/mol. The van der Waals surface area contributed by atoms with Gasteiger partial charge in [-0.3, -0.25) is 0 Å². The lowest BCUT2D eigenvalue weighted by molar-refractivity contribution is 1.30. The van der Waals surface area contributed by atoms with Crippen LogP contribution in [0.1, 0.15) is 0 Å². The smallest absolute Gasteiger partial charge is 0.109 e. The molecular weight excluding hydrogens is 224 g/mol. The van der Waals surface area contributed by atoms with Crippen LogP contribution in [0, 0.1) is 0 Å². The Balaban J connectivity index is 0. The van der Waals surface area contributed by atoms with E-state index in [9.17, 15) is 0 Å². The van der Waals surface area contributed by atoms with Crippen LogP contribution in [0.3, 0.4) is 0 Å². The van der Waals surface area contributed by atoms with Crippen LogP contribution in [-0.4, -0.2) is 36.6 Å². The maximum Gasteiger partial charge on any atom is 0.109 e. The molecule has 0 saturated carbocycles. The molecule has 0 radical (unpaired) electrons. The van der Waals surface area contributed by atoms with Crippen LogP contribution in [0.15, 0.2) is 0 Å². The van der Waals surface area contributed by atoms with Gasteiger partial charge in [-0.1, -0.05) is 45.8 Å². The van der Waals surface area contributed by atoms with E-state index < -0.39 is 16.5 Å². The van der Waals surface area contributed by atoms with Crippen molar-refractivity contribution < 1.29 is 0 Å². The van der Waals surface area contributed by atoms with Crippen LogP contribution in [-0.2, 0) is 0 Å². The van der Waals surface area contributed by atoms with Crippen molar-refractivity contribution in [2.45, 2.75) is 45.8 Å². The van der Waals surface area contributed by atoms with Crippen LogP contribution >= 0.6 is 0 Å². The summed E-state index contributed by atoms with van der Waals surface area (Å²) in [6.07, 6.45) is 0. The number of hydrogen-bond acceptors (Lipinski definition) is 2. The lowest BCUT2D eigenvalue weighted by Gasteiger charge is -2.28. The fourth-order valence-corrected chi connectivity index (χ4v) is 10.1. The highest BCUT2D eigenvalue weighted by Crippen LogP contribution is 2.02. The first-order chi connectivity index (χ1) is 5.62. The van der Waals surface area contributed by atoms with Crippen LogP contribution < -0.4 is 9.30 Å². The molecule has 0 aliphatic rings. The summed E-state index contributed by atoms with van der Waals surface area (Å²) in [5, 5.41) is 0. The van der Waals surface area contributed by atoms with Crippen molar-refractivity contribution in [2.24, 2.45) is 0 Å². The Hall–Kier alpha value is 0.788. The van der Waals surface area contributed by atoms with Crippen molar-refractivity contribution in [1.29, 1.82) is 0 Å². The summed E-state index contributed by atoms with van der Waals surface area (Å²) in [5.41, 5.74) is 0. The molecule has 0 aromatic carbocycles.